The SMILES string of the molecule is c1ccc(N(c2ccc(-c3ccc(-c4ccc(N(c5cccc(-c6ccncc6)c5)c5ccccn5)cc4)o3)cc2)c2cccc(-c3ccncc3)c2)nc1. The monoisotopic (exact) mass is 710 g/mol. The second-order valence-corrected chi connectivity index (χ2v) is 12.9. The lowest BCUT2D eigenvalue weighted by molar-refractivity contribution is 0.597. The number of pyridine rings is 4. The van der Waals surface area contributed by atoms with E-state index in [9.17, 15) is 0 Å². The molecular formula is C48H34N6O. The third-order valence-corrected chi connectivity index (χ3v) is 9.42. The van der Waals surface area contributed by atoms with Crippen molar-refractivity contribution >= 4 is 34.4 Å². The number of hydrogen-bond donors (Lipinski definition) is 0. The number of anilines is 6. The molecule has 0 aliphatic carbocycles. The van der Waals surface area contributed by atoms with Gasteiger partial charge in [-0.3, -0.25) is 19.8 Å². The Labute approximate surface area is 319 Å². The quantitative estimate of drug-likeness (QED) is 0.140. The summed E-state index contributed by atoms with van der Waals surface area (Å²) in [6.07, 6.45) is 10.9. The van der Waals surface area contributed by atoms with Crippen molar-refractivity contribution in [3.05, 3.63) is 207 Å². The molecule has 0 aliphatic heterocycles. The first-order chi connectivity index (χ1) is 27.3. The summed E-state index contributed by atoms with van der Waals surface area (Å²) in [7, 11) is 0. The van der Waals surface area contributed by atoms with Crippen LogP contribution in [0.25, 0.3) is 44.9 Å². The van der Waals surface area contributed by atoms with Gasteiger partial charge in [-0.2, -0.15) is 0 Å². The van der Waals surface area contributed by atoms with E-state index in [0.29, 0.717) is 0 Å². The lowest BCUT2D eigenvalue weighted by Crippen LogP contribution is -2.11. The van der Waals surface area contributed by atoms with Gasteiger partial charge in [-0.1, -0.05) is 36.4 Å². The molecule has 262 valence electrons. The van der Waals surface area contributed by atoms with E-state index in [1.165, 1.54) is 0 Å². The van der Waals surface area contributed by atoms with E-state index >= 15 is 0 Å². The summed E-state index contributed by atoms with van der Waals surface area (Å²) in [5.41, 5.74) is 10.4. The van der Waals surface area contributed by atoms with Crippen molar-refractivity contribution in [1.82, 2.24) is 19.9 Å². The summed E-state index contributed by atoms with van der Waals surface area (Å²) in [4.78, 5) is 22.1. The van der Waals surface area contributed by atoms with Gasteiger partial charge >= 0.3 is 0 Å². The van der Waals surface area contributed by atoms with Crippen LogP contribution in [-0.4, -0.2) is 19.9 Å². The van der Waals surface area contributed by atoms with Crippen LogP contribution in [0.2, 0.25) is 0 Å². The molecule has 0 fully saturated rings. The first kappa shape index (κ1) is 33.2. The third kappa shape index (κ3) is 7.10. The Hall–Kier alpha value is -7.64. The first-order valence-electron chi connectivity index (χ1n) is 18.0. The highest BCUT2D eigenvalue weighted by Gasteiger charge is 2.17. The van der Waals surface area contributed by atoms with Crippen LogP contribution in [0.1, 0.15) is 0 Å². The van der Waals surface area contributed by atoms with E-state index < -0.39 is 0 Å². The number of hydrogen-bond acceptors (Lipinski definition) is 7. The maximum absolute atomic E-state index is 6.46. The van der Waals surface area contributed by atoms with Gasteiger partial charge < -0.3 is 4.42 Å². The fourth-order valence-electron chi connectivity index (χ4n) is 6.73. The van der Waals surface area contributed by atoms with Crippen LogP contribution in [0.3, 0.4) is 0 Å². The lowest BCUT2D eigenvalue weighted by atomic mass is 10.1. The van der Waals surface area contributed by atoms with Crippen LogP contribution in [0.15, 0.2) is 211 Å². The average Bonchev–Trinajstić information content (AvgIpc) is 3.77. The van der Waals surface area contributed by atoms with Crippen LogP contribution in [0.4, 0.5) is 34.4 Å². The normalized spacial score (nSPS) is 10.9. The molecule has 0 aliphatic rings. The van der Waals surface area contributed by atoms with E-state index in [4.69, 9.17) is 14.4 Å². The van der Waals surface area contributed by atoms with Gasteiger partial charge in [-0.25, -0.2) is 9.97 Å². The van der Waals surface area contributed by atoms with Crippen molar-refractivity contribution in [2.24, 2.45) is 0 Å². The number of furan rings is 1. The highest BCUT2D eigenvalue weighted by atomic mass is 16.3. The summed E-state index contributed by atoms with van der Waals surface area (Å²) < 4.78 is 6.46. The van der Waals surface area contributed by atoms with Crippen molar-refractivity contribution in [2.45, 2.75) is 0 Å². The van der Waals surface area contributed by atoms with Crippen LogP contribution in [0, 0.1) is 0 Å². The van der Waals surface area contributed by atoms with E-state index in [1.807, 2.05) is 110 Å². The second kappa shape index (κ2) is 15.1. The maximum Gasteiger partial charge on any atom is 0.137 e. The molecule has 7 nitrogen and oxygen atoms in total. The van der Waals surface area contributed by atoms with Crippen molar-refractivity contribution in [1.29, 1.82) is 0 Å². The van der Waals surface area contributed by atoms with E-state index in [1.54, 1.807) is 0 Å². The van der Waals surface area contributed by atoms with Gasteiger partial charge in [0.05, 0.1) is 0 Å². The zero-order valence-electron chi connectivity index (χ0n) is 29.7. The van der Waals surface area contributed by atoms with Crippen molar-refractivity contribution in [3.8, 4) is 44.9 Å². The van der Waals surface area contributed by atoms with Crippen LogP contribution in [0.5, 0.6) is 0 Å². The maximum atomic E-state index is 6.46. The molecule has 0 saturated carbocycles. The molecule has 55 heavy (non-hydrogen) atoms. The molecule has 0 unspecified atom stereocenters. The fourth-order valence-corrected chi connectivity index (χ4v) is 6.73. The lowest BCUT2D eigenvalue weighted by Gasteiger charge is -2.25. The number of nitrogens with zero attached hydrogens (tertiary/aromatic N) is 6. The molecule has 0 radical (unpaired) electrons. The minimum atomic E-state index is 0.790. The summed E-state index contributed by atoms with van der Waals surface area (Å²) in [5, 5.41) is 0. The third-order valence-electron chi connectivity index (χ3n) is 9.42. The Kier molecular flexibility index (Phi) is 9.15. The average molecular weight is 711 g/mol. The van der Waals surface area contributed by atoms with E-state index in [-0.39, 0.29) is 0 Å². The topological polar surface area (TPSA) is 71.2 Å². The zero-order valence-corrected chi connectivity index (χ0v) is 29.7. The minimum absolute atomic E-state index is 0.790. The predicted molar refractivity (Wildman–Crippen MR) is 221 cm³/mol. The molecule has 0 amide bonds. The molecule has 0 atom stereocenters. The van der Waals surface area contributed by atoms with Crippen LogP contribution < -0.4 is 9.80 Å². The summed E-state index contributed by atoms with van der Waals surface area (Å²) in [5.74, 6) is 3.23. The summed E-state index contributed by atoms with van der Waals surface area (Å²) in [6, 6.07) is 57.8. The molecule has 7 heteroatoms. The molecule has 9 rings (SSSR count). The standard InChI is InChI=1S/C48H34N6O/c1-3-27-51-47(11-1)53(43-9-5-7-39(33-43)35-23-29-49-30-24-35)41-17-13-37(14-18-41)45-21-22-46(55-45)38-15-19-42(20-16-38)54(48-12-2-4-28-52-48)44-10-6-8-40(34-44)36-25-31-50-32-26-36/h1-34H. The number of benzene rings is 4. The van der Waals surface area contributed by atoms with Crippen molar-refractivity contribution in [2.75, 3.05) is 9.80 Å². The largest absolute Gasteiger partial charge is 0.456 e. The fraction of sp³-hybridized carbons (Fsp3) is 0. The highest BCUT2D eigenvalue weighted by Crippen LogP contribution is 2.39. The predicted octanol–water partition coefficient (Wildman–Crippen LogP) is 12.5. The molecule has 5 aromatic heterocycles. The second-order valence-electron chi connectivity index (χ2n) is 12.9. The Balaban J connectivity index is 0.988. The Morgan fingerprint density at radius 3 is 1.15 bits per heavy atom. The minimum Gasteiger partial charge on any atom is -0.456 e. The summed E-state index contributed by atoms with van der Waals surface area (Å²) in [6.45, 7) is 0. The van der Waals surface area contributed by atoms with E-state index in [2.05, 4.69) is 117 Å². The molecule has 5 heterocycles. The van der Waals surface area contributed by atoms with Gasteiger partial charge in [0.25, 0.3) is 0 Å². The van der Waals surface area contributed by atoms with Gasteiger partial charge in [-0.15, -0.1) is 0 Å². The zero-order chi connectivity index (χ0) is 36.8. The van der Waals surface area contributed by atoms with Gasteiger partial charge in [0, 0.05) is 71.1 Å². The molecule has 0 spiro atoms. The number of rotatable bonds is 10. The molecule has 0 N–H and O–H groups in total. The molecular weight excluding hydrogens is 677 g/mol. The van der Waals surface area contributed by atoms with Crippen molar-refractivity contribution in [3.63, 3.8) is 0 Å². The molecule has 9 aromatic rings. The molecule has 0 bridgehead atoms. The summed E-state index contributed by atoms with van der Waals surface area (Å²) >= 11 is 0. The molecule has 4 aromatic carbocycles. The van der Waals surface area contributed by atoms with Crippen molar-refractivity contribution < 1.29 is 4.42 Å². The smallest absolute Gasteiger partial charge is 0.137 e. The Morgan fingerprint density at radius 2 is 0.745 bits per heavy atom. The van der Waals surface area contributed by atoms with E-state index in [0.717, 1.165) is 79.3 Å². The Morgan fingerprint density at radius 1 is 0.309 bits per heavy atom. The van der Waals surface area contributed by atoms with Gasteiger partial charge in [0.2, 0.25) is 0 Å². The first-order valence-corrected chi connectivity index (χ1v) is 18.0. The van der Waals surface area contributed by atoms with Gasteiger partial charge in [0.1, 0.15) is 23.2 Å². The Bertz CT molecular complexity index is 2450. The molecule has 0 saturated heterocycles. The van der Waals surface area contributed by atoms with Gasteiger partial charge in [-0.05, 0) is 156 Å². The van der Waals surface area contributed by atoms with Crippen LogP contribution in [-0.2, 0) is 0 Å². The van der Waals surface area contributed by atoms with Gasteiger partial charge in [0.15, 0.2) is 0 Å². The number of aromatic nitrogens is 4. The highest BCUT2D eigenvalue weighted by molar-refractivity contribution is 5.81. The van der Waals surface area contributed by atoms with Crippen LogP contribution >= 0.6 is 0 Å².